The first-order valence-electron chi connectivity index (χ1n) is 10.1. The molecule has 1 aliphatic heterocycles. The molecule has 1 amide bonds. The maximum atomic E-state index is 13.0. The quantitative estimate of drug-likeness (QED) is 0.674. The van der Waals surface area contributed by atoms with Gasteiger partial charge in [0.05, 0.1) is 6.54 Å². The number of benzene rings is 2. The van der Waals surface area contributed by atoms with Crippen LogP contribution in [0.4, 0.5) is 10.1 Å². The molecule has 0 radical (unpaired) electrons. The summed E-state index contributed by atoms with van der Waals surface area (Å²) < 4.78 is 18.5. The summed E-state index contributed by atoms with van der Waals surface area (Å²) in [6, 6.07) is 14.3. The Hall–Kier alpha value is -3.03. The summed E-state index contributed by atoms with van der Waals surface area (Å²) >= 11 is 0. The minimum atomic E-state index is -0.375. The van der Waals surface area contributed by atoms with Crippen LogP contribution in [0.1, 0.15) is 27.5 Å². The van der Waals surface area contributed by atoms with Gasteiger partial charge in [-0.3, -0.25) is 14.6 Å². The third kappa shape index (κ3) is 5.31. The Labute approximate surface area is 175 Å². The summed E-state index contributed by atoms with van der Waals surface area (Å²) in [6.45, 7) is 7.43. The molecule has 2 heterocycles. The van der Waals surface area contributed by atoms with Gasteiger partial charge in [0.25, 0.3) is 5.91 Å². The Balaban J connectivity index is 1.25. The second-order valence-corrected chi connectivity index (χ2v) is 7.63. The molecule has 156 valence electrons. The third-order valence-electron chi connectivity index (χ3n) is 5.24. The average Bonchev–Trinajstić information content (AvgIpc) is 3.21. The minimum absolute atomic E-state index is 0.215. The standard InChI is InChI=1S/C23H25FN4O2/c1-17-2-4-18(5-3-17)14-27-10-12-28(13-11-27)15-22-26-21(16-30-22)23(29)25-20-8-6-19(24)7-9-20/h2-9,16H,10-15H2,1H3,(H,25,29). The van der Waals surface area contributed by atoms with Crippen molar-refractivity contribution in [3.05, 3.63) is 83.3 Å². The smallest absolute Gasteiger partial charge is 0.277 e. The maximum absolute atomic E-state index is 13.0. The molecule has 3 aromatic rings. The van der Waals surface area contributed by atoms with Gasteiger partial charge in [-0.1, -0.05) is 29.8 Å². The molecule has 30 heavy (non-hydrogen) atoms. The van der Waals surface area contributed by atoms with E-state index in [9.17, 15) is 9.18 Å². The highest BCUT2D eigenvalue weighted by atomic mass is 19.1. The van der Waals surface area contributed by atoms with Crippen LogP contribution in [0.15, 0.2) is 59.2 Å². The Kier molecular flexibility index (Phi) is 6.21. The van der Waals surface area contributed by atoms with E-state index < -0.39 is 0 Å². The average molecular weight is 408 g/mol. The van der Waals surface area contributed by atoms with E-state index >= 15 is 0 Å². The van der Waals surface area contributed by atoms with Gasteiger partial charge in [-0.15, -0.1) is 0 Å². The Morgan fingerprint density at radius 2 is 1.63 bits per heavy atom. The molecule has 1 N–H and O–H groups in total. The number of carbonyl (C=O) groups excluding carboxylic acids is 1. The Morgan fingerprint density at radius 1 is 1.00 bits per heavy atom. The van der Waals surface area contributed by atoms with Gasteiger partial charge >= 0.3 is 0 Å². The number of nitrogens with zero attached hydrogens (tertiary/aromatic N) is 3. The molecule has 0 atom stereocenters. The largest absolute Gasteiger partial charge is 0.447 e. The molecular formula is C23H25FN4O2. The van der Waals surface area contributed by atoms with Crippen LogP contribution in [0.5, 0.6) is 0 Å². The minimum Gasteiger partial charge on any atom is -0.447 e. The van der Waals surface area contributed by atoms with Gasteiger partial charge in [0.1, 0.15) is 12.1 Å². The van der Waals surface area contributed by atoms with Gasteiger partial charge in [0.2, 0.25) is 5.89 Å². The number of hydrogen-bond acceptors (Lipinski definition) is 5. The fourth-order valence-electron chi connectivity index (χ4n) is 3.46. The van der Waals surface area contributed by atoms with E-state index in [1.54, 1.807) is 0 Å². The molecule has 1 aromatic heterocycles. The number of anilines is 1. The predicted molar refractivity (Wildman–Crippen MR) is 113 cm³/mol. The van der Waals surface area contributed by atoms with Crippen molar-refractivity contribution in [2.24, 2.45) is 0 Å². The molecule has 0 spiro atoms. The summed E-state index contributed by atoms with van der Waals surface area (Å²) in [5.74, 6) is -0.207. The van der Waals surface area contributed by atoms with Crippen LogP contribution in [0, 0.1) is 12.7 Å². The summed E-state index contributed by atoms with van der Waals surface area (Å²) in [5.41, 5.74) is 3.33. The van der Waals surface area contributed by atoms with Gasteiger partial charge in [0.15, 0.2) is 5.69 Å². The van der Waals surface area contributed by atoms with Crippen molar-refractivity contribution in [3.8, 4) is 0 Å². The molecule has 1 saturated heterocycles. The van der Waals surface area contributed by atoms with Crippen LogP contribution in [0.3, 0.4) is 0 Å². The SMILES string of the molecule is Cc1ccc(CN2CCN(Cc3nc(C(=O)Nc4ccc(F)cc4)co3)CC2)cc1. The first-order chi connectivity index (χ1) is 14.5. The van der Waals surface area contributed by atoms with E-state index in [1.165, 1.54) is 41.7 Å². The molecule has 0 bridgehead atoms. The second-order valence-electron chi connectivity index (χ2n) is 7.63. The second kappa shape index (κ2) is 9.19. The van der Waals surface area contributed by atoms with Crippen LogP contribution in [-0.4, -0.2) is 46.9 Å². The van der Waals surface area contributed by atoms with E-state index in [2.05, 4.69) is 51.3 Å². The fourth-order valence-corrected chi connectivity index (χ4v) is 3.46. The highest BCUT2D eigenvalue weighted by Gasteiger charge is 2.20. The van der Waals surface area contributed by atoms with Gasteiger partial charge in [0, 0.05) is 38.4 Å². The molecule has 0 unspecified atom stereocenters. The first-order valence-corrected chi connectivity index (χ1v) is 10.1. The number of amides is 1. The number of aromatic nitrogens is 1. The monoisotopic (exact) mass is 408 g/mol. The molecule has 0 saturated carbocycles. The van der Waals surface area contributed by atoms with Crippen molar-refractivity contribution in [2.45, 2.75) is 20.0 Å². The number of rotatable bonds is 6. The van der Waals surface area contributed by atoms with Crippen LogP contribution in [-0.2, 0) is 13.1 Å². The number of carbonyl (C=O) groups is 1. The molecule has 0 aliphatic carbocycles. The van der Waals surface area contributed by atoms with Gasteiger partial charge in [-0.05, 0) is 36.8 Å². The van der Waals surface area contributed by atoms with Crippen molar-refractivity contribution in [2.75, 3.05) is 31.5 Å². The van der Waals surface area contributed by atoms with Crippen molar-refractivity contribution < 1.29 is 13.6 Å². The lowest BCUT2D eigenvalue weighted by molar-refractivity contribution is 0.102. The van der Waals surface area contributed by atoms with Crippen LogP contribution in [0.2, 0.25) is 0 Å². The number of halogens is 1. The molecule has 4 rings (SSSR count). The van der Waals surface area contributed by atoms with Gasteiger partial charge in [-0.25, -0.2) is 9.37 Å². The fraction of sp³-hybridized carbons (Fsp3) is 0.304. The zero-order chi connectivity index (χ0) is 20.9. The molecule has 1 fully saturated rings. The lowest BCUT2D eigenvalue weighted by Gasteiger charge is -2.34. The van der Waals surface area contributed by atoms with Crippen LogP contribution >= 0.6 is 0 Å². The Morgan fingerprint density at radius 3 is 2.30 bits per heavy atom. The van der Waals surface area contributed by atoms with E-state index in [-0.39, 0.29) is 17.4 Å². The summed E-state index contributed by atoms with van der Waals surface area (Å²) in [7, 11) is 0. The van der Waals surface area contributed by atoms with E-state index in [0.29, 0.717) is 18.1 Å². The van der Waals surface area contributed by atoms with Crippen LogP contribution in [0.25, 0.3) is 0 Å². The topological polar surface area (TPSA) is 61.6 Å². The number of nitrogens with one attached hydrogen (secondary N) is 1. The normalized spacial score (nSPS) is 15.3. The molecule has 6 nitrogen and oxygen atoms in total. The Bertz CT molecular complexity index is 977. The highest BCUT2D eigenvalue weighted by Crippen LogP contribution is 2.14. The first kappa shape index (κ1) is 20.3. The highest BCUT2D eigenvalue weighted by molar-refractivity contribution is 6.02. The summed E-state index contributed by atoms with van der Waals surface area (Å²) in [5, 5.41) is 2.69. The number of aryl methyl sites for hydroxylation is 1. The van der Waals surface area contributed by atoms with Crippen LogP contribution < -0.4 is 5.32 Å². The van der Waals surface area contributed by atoms with Crippen molar-refractivity contribution in [1.29, 1.82) is 0 Å². The lowest BCUT2D eigenvalue weighted by Crippen LogP contribution is -2.45. The van der Waals surface area contributed by atoms with Crippen molar-refractivity contribution >= 4 is 11.6 Å². The van der Waals surface area contributed by atoms with Crippen molar-refractivity contribution in [1.82, 2.24) is 14.8 Å². The zero-order valence-electron chi connectivity index (χ0n) is 17.0. The predicted octanol–water partition coefficient (Wildman–Crippen LogP) is 3.69. The van der Waals surface area contributed by atoms with E-state index in [0.717, 1.165) is 32.7 Å². The number of piperazine rings is 1. The number of hydrogen-bond donors (Lipinski definition) is 1. The summed E-state index contributed by atoms with van der Waals surface area (Å²) in [6.07, 6.45) is 1.36. The van der Waals surface area contributed by atoms with Crippen molar-refractivity contribution in [3.63, 3.8) is 0 Å². The van der Waals surface area contributed by atoms with Gasteiger partial charge in [-0.2, -0.15) is 0 Å². The molecule has 2 aromatic carbocycles. The molecule has 7 heteroatoms. The summed E-state index contributed by atoms with van der Waals surface area (Å²) in [4.78, 5) is 21.3. The molecule has 1 aliphatic rings. The molecular weight excluding hydrogens is 383 g/mol. The maximum Gasteiger partial charge on any atom is 0.277 e. The van der Waals surface area contributed by atoms with Gasteiger partial charge < -0.3 is 9.73 Å². The van der Waals surface area contributed by atoms with E-state index in [4.69, 9.17) is 4.42 Å². The number of oxazole rings is 1. The zero-order valence-corrected chi connectivity index (χ0v) is 17.0. The lowest BCUT2D eigenvalue weighted by atomic mass is 10.1. The third-order valence-corrected chi connectivity index (χ3v) is 5.24. The van der Waals surface area contributed by atoms with E-state index in [1.807, 2.05) is 0 Å².